The monoisotopic (exact) mass is 480 g/mol. The van der Waals surface area contributed by atoms with Gasteiger partial charge < -0.3 is 19.8 Å². The Balaban J connectivity index is 1.44. The van der Waals surface area contributed by atoms with Crippen molar-refractivity contribution in [2.45, 2.75) is 6.92 Å². The standard InChI is InChI=1S/C24H21ClN4O3S/c1-13-8-20-21(12-19(13)25)28-22(27-20)14-4-6-16(7-5-14)26-24(33)29-23(30)15-9-17(31-2)11-18(10-15)32-3/h4-12H,1-3H3,(H,27,28)(H2,26,29,30,33). The van der Waals surface area contributed by atoms with Crippen LogP contribution in [0.25, 0.3) is 22.4 Å². The maximum Gasteiger partial charge on any atom is 0.257 e. The van der Waals surface area contributed by atoms with Crippen LogP contribution < -0.4 is 20.1 Å². The van der Waals surface area contributed by atoms with E-state index in [0.29, 0.717) is 22.1 Å². The van der Waals surface area contributed by atoms with Crippen molar-refractivity contribution < 1.29 is 14.3 Å². The molecule has 0 unspecified atom stereocenters. The molecule has 9 heteroatoms. The molecule has 0 spiro atoms. The zero-order valence-electron chi connectivity index (χ0n) is 18.2. The fourth-order valence-corrected chi connectivity index (χ4v) is 3.63. The second kappa shape index (κ2) is 9.48. The van der Waals surface area contributed by atoms with Gasteiger partial charge in [-0.3, -0.25) is 10.1 Å². The van der Waals surface area contributed by atoms with Gasteiger partial charge >= 0.3 is 0 Å². The van der Waals surface area contributed by atoms with E-state index in [-0.39, 0.29) is 11.0 Å². The third-order valence-electron chi connectivity index (χ3n) is 5.02. The van der Waals surface area contributed by atoms with Crippen molar-refractivity contribution in [2.24, 2.45) is 0 Å². The molecule has 1 heterocycles. The van der Waals surface area contributed by atoms with Crippen molar-refractivity contribution in [3.8, 4) is 22.9 Å². The van der Waals surface area contributed by atoms with Crippen molar-refractivity contribution >= 4 is 51.6 Å². The Bertz CT molecular complexity index is 1290. The number of carbonyl (C=O) groups is 1. The highest BCUT2D eigenvalue weighted by Gasteiger charge is 2.12. The highest BCUT2D eigenvalue weighted by atomic mass is 35.5. The van der Waals surface area contributed by atoms with Crippen LogP contribution in [0.5, 0.6) is 11.5 Å². The van der Waals surface area contributed by atoms with Gasteiger partial charge in [-0.2, -0.15) is 0 Å². The number of anilines is 1. The molecule has 168 valence electrons. The summed E-state index contributed by atoms with van der Waals surface area (Å²) in [5, 5.41) is 6.52. The summed E-state index contributed by atoms with van der Waals surface area (Å²) in [6.07, 6.45) is 0. The molecule has 3 aromatic carbocycles. The number of fused-ring (bicyclic) bond motifs is 1. The van der Waals surface area contributed by atoms with Crippen LogP contribution in [0.4, 0.5) is 5.69 Å². The molecular weight excluding hydrogens is 460 g/mol. The van der Waals surface area contributed by atoms with E-state index in [9.17, 15) is 4.79 Å². The molecule has 0 bridgehead atoms. The Morgan fingerprint density at radius 1 is 1.03 bits per heavy atom. The number of benzene rings is 3. The first-order valence-corrected chi connectivity index (χ1v) is 10.8. The average Bonchev–Trinajstić information content (AvgIpc) is 3.21. The van der Waals surface area contributed by atoms with Crippen LogP contribution in [0.2, 0.25) is 5.02 Å². The Hall–Kier alpha value is -3.62. The molecule has 0 aliphatic rings. The van der Waals surface area contributed by atoms with Gasteiger partial charge in [0.2, 0.25) is 0 Å². The maximum absolute atomic E-state index is 12.6. The first-order chi connectivity index (χ1) is 15.9. The topological polar surface area (TPSA) is 88.3 Å². The Kier molecular flexibility index (Phi) is 6.48. The molecule has 0 radical (unpaired) electrons. The first kappa shape index (κ1) is 22.6. The normalized spacial score (nSPS) is 10.7. The summed E-state index contributed by atoms with van der Waals surface area (Å²) >= 11 is 11.5. The minimum Gasteiger partial charge on any atom is -0.497 e. The number of aryl methyl sites for hydroxylation is 1. The number of halogens is 1. The van der Waals surface area contributed by atoms with Crippen molar-refractivity contribution in [3.63, 3.8) is 0 Å². The van der Waals surface area contributed by atoms with Gasteiger partial charge in [0.1, 0.15) is 17.3 Å². The largest absolute Gasteiger partial charge is 0.497 e. The number of aromatic nitrogens is 2. The van der Waals surface area contributed by atoms with Gasteiger partial charge in [0, 0.05) is 27.9 Å². The van der Waals surface area contributed by atoms with Crippen LogP contribution in [0, 0.1) is 6.92 Å². The van der Waals surface area contributed by atoms with Crippen molar-refractivity contribution in [3.05, 3.63) is 70.7 Å². The lowest BCUT2D eigenvalue weighted by Gasteiger charge is -2.11. The van der Waals surface area contributed by atoms with Gasteiger partial charge in [0.25, 0.3) is 5.91 Å². The van der Waals surface area contributed by atoms with Crippen molar-refractivity contribution in [1.82, 2.24) is 15.3 Å². The number of nitrogens with one attached hydrogen (secondary N) is 3. The summed E-state index contributed by atoms with van der Waals surface area (Å²) < 4.78 is 10.4. The van der Waals surface area contributed by atoms with Crippen molar-refractivity contribution in [2.75, 3.05) is 19.5 Å². The highest BCUT2D eigenvalue weighted by molar-refractivity contribution is 7.80. The zero-order chi connectivity index (χ0) is 23.5. The second-order valence-corrected chi connectivity index (χ2v) is 8.11. The summed E-state index contributed by atoms with van der Waals surface area (Å²) in [6.45, 7) is 1.95. The molecule has 33 heavy (non-hydrogen) atoms. The Morgan fingerprint density at radius 3 is 2.33 bits per heavy atom. The third kappa shape index (κ3) is 5.08. The predicted octanol–water partition coefficient (Wildman–Crippen LogP) is 5.34. The minimum atomic E-state index is -0.377. The van der Waals surface area contributed by atoms with E-state index in [1.807, 2.05) is 43.3 Å². The number of hydrogen-bond donors (Lipinski definition) is 3. The minimum absolute atomic E-state index is 0.170. The SMILES string of the molecule is COc1cc(OC)cc(C(=O)NC(=S)Nc2ccc(-c3nc4cc(Cl)c(C)cc4[nH]3)cc2)c1. The van der Waals surface area contributed by atoms with Gasteiger partial charge in [-0.05, 0) is 73.2 Å². The van der Waals surface area contributed by atoms with Gasteiger partial charge in [0.15, 0.2) is 5.11 Å². The smallest absolute Gasteiger partial charge is 0.257 e. The lowest BCUT2D eigenvalue weighted by atomic mass is 10.2. The molecule has 0 saturated heterocycles. The predicted molar refractivity (Wildman–Crippen MR) is 135 cm³/mol. The van der Waals surface area contributed by atoms with Gasteiger partial charge in [0.05, 0.1) is 25.3 Å². The van der Waals surface area contributed by atoms with Gasteiger partial charge in [-0.1, -0.05) is 11.6 Å². The molecule has 0 atom stereocenters. The summed E-state index contributed by atoms with van der Waals surface area (Å²) in [7, 11) is 3.04. The fraction of sp³-hybridized carbons (Fsp3) is 0.125. The molecule has 3 N–H and O–H groups in total. The summed E-state index contributed by atoms with van der Waals surface area (Å²) in [6, 6.07) is 16.3. The number of rotatable bonds is 5. The van der Waals surface area contributed by atoms with E-state index in [0.717, 1.165) is 33.7 Å². The van der Waals surface area contributed by atoms with Crippen molar-refractivity contribution in [1.29, 1.82) is 0 Å². The van der Waals surface area contributed by atoms with E-state index < -0.39 is 0 Å². The molecular formula is C24H21ClN4O3S. The van der Waals surface area contributed by atoms with E-state index in [2.05, 4.69) is 20.6 Å². The number of methoxy groups -OCH3 is 2. The highest BCUT2D eigenvalue weighted by Crippen LogP contribution is 2.26. The maximum atomic E-state index is 12.6. The number of nitrogens with zero attached hydrogens (tertiary/aromatic N) is 1. The summed E-state index contributed by atoms with van der Waals surface area (Å²) in [4.78, 5) is 20.5. The molecule has 0 aliphatic carbocycles. The number of carbonyl (C=O) groups excluding carboxylic acids is 1. The molecule has 4 rings (SSSR count). The molecule has 0 fully saturated rings. The van der Waals surface area contributed by atoms with E-state index in [1.54, 1.807) is 18.2 Å². The number of aromatic amines is 1. The third-order valence-corrected chi connectivity index (χ3v) is 5.63. The number of ether oxygens (including phenoxy) is 2. The van der Waals surface area contributed by atoms with Crippen LogP contribution in [0.15, 0.2) is 54.6 Å². The van der Waals surface area contributed by atoms with E-state index in [4.69, 9.17) is 33.3 Å². The van der Waals surface area contributed by atoms with Gasteiger partial charge in [-0.15, -0.1) is 0 Å². The van der Waals surface area contributed by atoms with Crippen LogP contribution in [-0.2, 0) is 0 Å². The number of hydrogen-bond acceptors (Lipinski definition) is 5. The first-order valence-electron chi connectivity index (χ1n) is 9.98. The number of thiocarbonyl (C=S) groups is 1. The van der Waals surface area contributed by atoms with Crippen LogP contribution >= 0.6 is 23.8 Å². The van der Waals surface area contributed by atoms with E-state index in [1.165, 1.54) is 14.2 Å². The fourth-order valence-electron chi connectivity index (χ4n) is 3.26. The van der Waals surface area contributed by atoms with Crippen LogP contribution in [0.3, 0.4) is 0 Å². The molecule has 0 saturated carbocycles. The molecule has 7 nitrogen and oxygen atoms in total. The van der Waals surface area contributed by atoms with Crippen LogP contribution in [-0.4, -0.2) is 35.2 Å². The average molecular weight is 481 g/mol. The lowest BCUT2D eigenvalue weighted by molar-refractivity contribution is 0.0977. The number of imidazole rings is 1. The second-order valence-electron chi connectivity index (χ2n) is 7.29. The number of amides is 1. The number of H-pyrrole nitrogens is 1. The lowest BCUT2D eigenvalue weighted by Crippen LogP contribution is -2.34. The Morgan fingerprint density at radius 2 is 1.70 bits per heavy atom. The zero-order valence-corrected chi connectivity index (χ0v) is 19.7. The molecule has 1 aromatic heterocycles. The quantitative estimate of drug-likeness (QED) is 0.334. The van der Waals surface area contributed by atoms with Gasteiger partial charge in [-0.25, -0.2) is 4.98 Å². The Labute approximate surface area is 201 Å². The summed E-state index contributed by atoms with van der Waals surface area (Å²) in [5.41, 5.74) is 4.71. The summed E-state index contributed by atoms with van der Waals surface area (Å²) in [5.74, 6) is 1.38. The molecule has 1 amide bonds. The molecule has 0 aliphatic heterocycles. The molecule has 4 aromatic rings. The van der Waals surface area contributed by atoms with E-state index >= 15 is 0 Å². The van der Waals surface area contributed by atoms with Crippen LogP contribution in [0.1, 0.15) is 15.9 Å².